The predicted molar refractivity (Wildman–Crippen MR) is 65.1 cm³/mol. The molecule has 1 saturated heterocycles. The normalized spacial score (nSPS) is 30.4. The van der Waals surface area contributed by atoms with E-state index in [4.69, 9.17) is 4.74 Å². The van der Waals surface area contributed by atoms with E-state index in [0.29, 0.717) is 6.42 Å². The Balaban J connectivity index is 2.18. The Bertz CT molecular complexity index is 396. The van der Waals surface area contributed by atoms with Crippen LogP contribution in [0.3, 0.4) is 0 Å². The number of ether oxygens (including phenoxy) is 1. The Kier molecular flexibility index (Phi) is 3.09. The van der Waals surface area contributed by atoms with Gasteiger partial charge in [-0.15, -0.1) is 0 Å². The number of amides is 1. The number of hydrogen-bond acceptors (Lipinski definition) is 3. The number of hydrogen-bond donors (Lipinski definition) is 1. The van der Waals surface area contributed by atoms with Crippen molar-refractivity contribution < 1.29 is 19.4 Å². The second kappa shape index (κ2) is 4.30. The van der Waals surface area contributed by atoms with Crippen molar-refractivity contribution >= 4 is 12.1 Å². The molecule has 5 nitrogen and oxygen atoms in total. The zero-order valence-electron chi connectivity index (χ0n) is 10.9. The molecule has 0 bridgehead atoms. The third-order valence-corrected chi connectivity index (χ3v) is 3.33. The molecule has 1 amide bonds. The van der Waals surface area contributed by atoms with Crippen LogP contribution in [-0.4, -0.2) is 39.8 Å². The van der Waals surface area contributed by atoms with Crippen molar-refractivity contribution in [1.29, 1.82) is 0 Å². The van der Waals surface area contributed by atoms with Crippen molar-refractivity contribution in [3.05, 3.63) is 12.2 Å². The summed E-state index contributed by atoms with van der Waals surface area (Å²) >= 11 is 0. The van der Waals surface area contributed by atoms with E-state index in [1.54, 1.807) is 20.8 Å². The minimum absolute atomic E-state index is 0.124. The summed E-state index contributed by atoms with van der Waals surface area (Å²) < 4.78 is 5.30. The van der Waals surface area contributed by atoms with E-state index >= 15 is 0 Å². The van der Waals surface area contributed by atoms with Gasteiger partial charge in [0, 0.05) is 0 Å². The van der Waals surface area contributed by atoms with Gasteiger partial charge >= 0.3 is 12.1 Å². The summed E-state index contributed by atoms with van der Waals surface area (Å²) in [6, 6.07) is -0.888. The van der Waals surface area contributed by atoms with Gasteiger partial charge in [-0.1, -0.05) is 12.2 Å². The van der Waals surface area contributed by atoms with Gasteiger partial charge in [-0.2, -0.15) is 0 Å². The van der Waals surface area contributed by atoms with E-state index in [1.807, 2.05) is 12.2 Å². The lowest BCUT2D eigenvalue weighted by Crippen LogP contribution is -2.46. The molecule has 2 rings (SSSR count). The molecule has 1 N–H and O–H groups in total. The Hall–Kier alpha value is -1.52. The Morgan fingerprint density at radius 3 is 2.61 bits per heavy atom. The highest BCUT2D eigenvalue weighted by Crippen LogP contribution is 2.38. The van der Waals surface area contributed by atoms with E-state index in [1.165, 1.54) is 4.90 Å². The maximum atomic E-state index is 12.1. The second-order valence-corrected chi connectivity index (χ2v) is 5.89. The molecular formula is C13H19NO4. The Morgan fingerprint density at radius 1 is 1.39 bits per heavy atom. The minimum Gasteiger partial charge on any atom is -0.480 e. The predicted octanol–water partition coefficient (Wildman–Crippen LogP) is 2.03. The van der Waals surface area contributed by atoms with E-state index < -0.39 is 23.7 Å². The summed E-state index contributed by atoms with van der Waals surface area (Å²) in [7, 11) is 0. The monoisotopic (exact) mass is 253 g/mol. The molecule has 0 aromatic heterocycles. The molecule has 2 aliphatic rings. The summed E-state index contributed by atoms with van der Waals surface area (Å²) in [5.41, 5.74) is -0.611. The van der Waals surface area contributed by atoms with Gasteiger partial charge in [-0.3, -0.25) is 4.90 Å². The smallest absolute Gasteiger partial charge is 0.411 e. The van der Waals surface area contributed by atoms with Crippen LogP contribution in [0.25, 0.3) is 0 Å². The van der Waals surface area contributed by atoms with Crippen LogP contribution in [-0.2, 0) is 9.53 Å². The first kappa shape index (κ1) is 12.9. The van der Waals surface area contributed by atoms with Crippen molar-refractivity contribution in [3.8, 4) is 0 Å². The first-order valence-corrected chi connectivity index (χ1v) is 6.20. The molecule has 1 fully saturated rings. The highest BCUT2D eigenvalue weighted by molar-refractivity contribution is 5.81. The highest BCUT2D eigenvalue weighted by Gasteiger charge is 2.48. The lowest BCUT2D eigenvalue weighted by molar-refractivity contribution is -0.142. The SMILES string of the molecule is CC(C)(C)OC(=O)N1[C@H](C(=O)O)C[C@@H]2CC=C[C@@H]21. The number of allylic oxidation sites excluding steroid dienone is 1. The zero-order chi connectivity index (χ0) is 13.5. The first-order valence-electron chi connectivity index (χ1n) is 6.20. The van der Waals surface area contributed by atoms with Gasteiger partial charge in [0.25, 0.3) is 0 Å². The van der Waals surface area contributed by atoms with Crippen LogP contribution >= 0.6 is 0 Å². The number of rotatable bonds is 1. The van der Waals surface area contributed by atoms with Crippen LogP contribution in [0.5, 0.6) is 0 Å². The van der Waals surface area contributed by atoms with Gasteiger partial charge < -0.3 is 9.84 Å². The van der Waals surface area contributed by atoms with Gasteiger partial charge in [0.2, 0.25) is 0 Å². The average Bonchev–Trinajstić information content (AvgIpc) is 2.70. The van der Waals surface area contributed by atoms with Crippen molar-refractivity contribution in [3.63, 3.8) is 0 Å². The molecule has 100 valence electrons. The Labute approximate surface area is 106 Å². The summed E-state index contributed by atoms with van der Waals surface area (Å²) in [4.78, 5) is 24.7. The van der Waals surface area contributed by atoms with Crippen LogP contribution in [0.15, 0.2) is 12.2 Å². The van der Waals surface area contributed by atoms with Crippen molar-refractivity contribution in [1.82, 2.24) is 4.90 Å². The topological polar surface area (TPSA) is 66.8 Å². The number of aliphatic carboxylic acids is 1. The molecule has 18 heavy (non-hydrogen) atoms. The summed E-state index contributed by atoms with van der Waals surface area (Å²) in [6.07, 6.45) is 4.73. The molecule has 0 spiro atoms. The van der Waals surface area contributed by atoms with Crippen LogP contribution in [0.4, 0.5) is 4.79 Å². The summed E-state index contributed by atoms with van der Waals surface area (Å²) in [5.74, 6) is -0.734. The van der Waals surface area contributed by atoms with Crippen LogP contribution in [0.1, 0.15) is 33.6 Å². The summed E-state index contributed by atoms with van der Waals surface area (Å²) in [6.45, 7) is 5.33. The molecule has 0 radical (unpaired) electrons. The quantitative estimate of drug-likeness (QED) is 0.726. The average molecular weight is 253 g/mol. The molecule has 1 aliphatic heterocycles. The van der Waals surface area contributed by atoms with Crippen LogP contribution in [0, 0.1) is 5.92 Å². The number of carboxylic acid groups (broad SMARTS) is 1. The van der Waals surface area contributed by atoms with Gasteiger partial charge in [-0.05, 0) is 39.5 Å². The van der Waals surface area contributed by atoms with Gasteiger partial charge in [-0.25, -0.2) is 9.59 Å². The fourth-order valence-corrected chi connectivity index (χ4v) is 2.64. The Morgan fingerprint density at radius 2 is 2.06 bits per heavy atom. The standard InChI is InChI=1S/C13H19NO4/c1-13(2,3)18-12(17)14-9-6-4-5-8(9)7-10(14)11(15)16/h4,6,8-10H,5,7H2,1-3H3,(H,15,16)/t8-,9-,10-/m0/s1. The van der Waals surface area contributed by atoms with Crippen molar-refractivity contribution in [2.24, 2.45) is 5.92 Å². The zero-order valence-corrected chi connectivity index (χ0v) is 10.9. The van der Waals surface area contributed by atoms with Crippen molar-refractivity contribution in [2.45, 2.75) is 51.3 Å². The third kappa shape index (κ3) is 2.35. The number of nitrogens with zero attached hydrogens (tertiary/aromatic N) is 1. The lowest BCUT2D eigenvalue weighted by Gasteiger charge is -2.29. The number of fused-ring (bicyclic) bond motifs is 1. The van der Waals surface area contributed by atoms with E-state index in [0.717, 1.165) is 6.42 Å². The second-order valence-electron chi connectivity index (χ2n) is 5.89. The maximum Gasteiger partial charge on any atom is 0.411 e. The third-order valence-electron chi connectivity index (χ3n) is 3.33. The molecular weight excluding hydrogens is 234 g/mol. The molecule has 0 aromatic carbocycles. The van der Waals surface area contributed by atoms with E-state index in [9.17, 15) is 14.7 Å². The van der Waals surface area contributed by atoms with E-state index in [2.05, 4.69) is 0 Å². The fraction of sp³-hybridized carbons (Fsp3) is 0.692. The number of carboxylic acids is 1. The van der Waals surface area contributed by atoms with Crippen LogP contribution < -0.4 is 0 Å². The lowest BCUT2D eigenvalue weighted by atomic mass is 10.0. The highest BCUT2D eigenvalue weighted by atomic mass is 16.6. The van der Waals surface area contributed by atoms with Crippen LogP contribution in [0.2, 0.25) is 0 Å². The molecule has 5 heteroatoms. The van der Waals surface area contributed by atoms with Gasteiger partial charge in [0.1, 0.15) is 11.6 Å². The molecule has 3 atom stereocenters. The number of likely N-dealkylation sites (tertiary alicyclic amines) is 1. The molecule has 1 heterocycles. The number of carbonyl (C=O) groups excluding carboxylic acids is 1. The minimum atomic E-state index is -0.955. The van der Waals surface area contributed by atoms with Crippen molar-refractivity contribution in [2.75, 3.05) is 0 Å². The van der Waals surface area contributed by atoms with E-state index in [-0.39, 0.29) is 12.0 Å². The molecule has 0 aromatic rings. The van der Waals surface area contributed by atoms with Gasteiger partial charge in [0.15, 0.2) is 0 Å². The summed E-state index contributed by atoms with van der Waals surface area (Å²) in [5, 5.41) is 9.21. The molecule has 0 saturated carbocycles. The first-order chi connectivity index (χ1) is 8.29. The number of carbonyl (C=O) groups is 2. The molecule has 1 aliphatic carbocycles. The largest absolute Gasteiger partial charge is 0.480 e. The fourth-order valence-electron chi connectivity index (χ4n) is 2.64. The maximum absolute atomic E-state index is 12.1. The molecule has 0 unspecified atom stereocenters. The van der Waals surface area contributed by atoms with Gasteiger partial charge in [0.05, 0.1) is 6.04 Å².